The summed E-state index contributed by atoms with van der Waals surface area (Å²) in [4.78, 5) is 9.70. The number of nitrogens with zero attached hydrogens (tertiary/aromatic N) is 3. The third kappa shape index (κ3) is 10.1. The lowest BCUT2D eigenvalue weighted by Crippen LogP contribution is -2.39. The van der Waals surface area contributed by atoms with E-state index < -0.39 is 0 Å². The van der Waals surface area contributed by atoms with Crippen molar-refractivity contribution in [2.45, 2.75) is 39.2 Å². The molecule has 6 nitrogen and oxygen atoms in total. The molecule has 1 aromatic rings. The van der Waals surface area contributed by atoms with Crippen LogP contribution in [0.1, 0.15) is 44.8 Å². The topological polar surface area (TPSA) is 52.1 Å². The summed E-state index contributed by atoms with van der Waals surface area (Å²) in [5, 5.41) is 6.81. The highest BCUT2D eigenvalue weighted by atomic mass is 16.5. The van der Waals surface area contributed by atoms with Crippen molar-refractivity contribution in [2.24, 2.45) is 4.99 Å². The first-order chi connectivity index (χ1) is 14.2. The molecule has 1 fully saturated rings. The first kappa shape index (κ1) is 23.6. The van der Waals surface area contributed by atoms with Gasteiger partial charge in [-0.25, -0.2) is 0 Å². The molecule has 0 aliphatic carbocycles. The summed E-state index contributed by atoms with van der Waals surface area (Å²) in [6, 6.07) is 10.4. The molecule has 29 heavy (non-hydrogen) atoms. The number of ether oxygens (including phenoxy) is 1. The summed E-state index contributed by atoms with van der Waals surface area (Å²) in [7, 11) is 2.22. The fourth-order valence-electron chi connectivity index (χ4n) is 3.51. The van der Waals surface area contributed by atoms with Gasteiger partial charge in [0, 0.05) is 39.3 Å². The van der Waals surface area contributed by atoms with Gasteiger partial charge in [0.1, 0.15) is 0 Å². The number of rotatable bonds is 11. The molecule has 1 unspecified atom stereocenters. The lowest BCUT2D eigenvalue weighted by molar-refractivity contribution is 0.0652. The molecule has 6 heteroatoms. The molecule has 0 bridgehead atoms. The molecular formula is C23H41N5O. The normalized spacial score (nSPS) is 17.7. The summed E-state index contributed by atoms with van der Waals surface area (Å²) in [5.74, 6) is 0.916. The van der Waals surface area contributed by atoms with Crippen LogP contribution in [0.5, 0.6) is 0 Å². The standard InChI is InChI=1S/C23H41N5O/c1-4-24-23(25-13-8-16-28-17-10-15-27(3)18-19-28)26-14-9-20-29-21(2)22-11-6-5-7-12-22/h5-7,11-12,21H,4,8-10,13-20H2,1-3H3,(H2,24,25,26). The van der Waals surface area contributed by atoms with E-state index in [1.165, 1.54) is 38.2 Å². The molecule has 164 valence electrons. The maximum Gasteiger partial charge on any atom is 0.191 e. The van der Waals surface area contributed by atoms with E-state index in [0.717, 1.165) is 51.6 Å². The van der Waals surface area contributed by atoms with Gasteiger partial charge in [-0.15, -0.1) is 0 Å². The van der Waals surface area contributed by atoms with Crippen LogP contribution in [0.15, 0.2) is 35.3 Å². The van der Waals surface area contributed by atoms with Gasteiger partial charge in [0.2, 0.25) is 0 Å². The lowest BCUT2D eigenvalue weighted by atomic mass is 10.1. The summed E-state index contributed by atoms with van der Waals surface area (Å²) >= 11 is 0. The molecule has 1 heterocycles. The van der Waals surface area contributed by atoms with E-state index in [9.17, 15) is 0 Å². The Hall–Kier alpha value is -1.63. The highest BCUT2D eigenvalue weighted by Crippen LogP contribution is 2.15. The van der Waals surface area contributed by atoms with E-state index in [1.807, 2.05) is 6.07 Å². The monoisotopic (exact) mass is 403 g/mol. The zero-order valence-corrected chi connectivity index (χ0v) is 18.7. The van der Waals surface area contributed by atoms with Crippen LogP contribution in [0.2, 0.25) is 0 Å². The van der Waals surface area contributed by atoms with Crippen LogP contribution in [0.25, 0.3) is 0 Å². The minimum Gasteiger partial charge on any atom is -0.374 e. The second-order valence-electron chi connectivity index (χ2n) is 7.82. The molecular weight excluding hydrogens is 362 g/mol. The Labute approximate surface area is 177 Å². The second kappa shape index (κ2) is 14.4. The third-order valence-corrected chi connectivity index (χ3v) is 5.31. The van der Waals surface area contributed by atoms with Gasteiger partial charge in [-0.3, -0.25) is 4.99 Å². The Morgan fingerprint density at radius 3 is 2.72 bits per heavy atom. The number of likely N-dealkylation sites (N-methyl/N-ethyl adjacent to an activating group) is 1. The van der Waals surface area contributed by atoms with Crippen molar-refractivity contribution in [2.75, 3.05) is 66.0 Å². The van der Waals surface area contributed by atoms with Crippen molar-refractivity contribution in [1.82, 2.24) is 20.4 Å². The summed E-state index contributed by atoms with van der Waals surface area (Å²) in [6.07, 6.45) is 3.48. The Bertz CT molecular complexity index is 566. The number of nitrogens with one attached hydrogen (secondary N) is 2. The molecule has 1 saturated heterocycles. The Kier molecular flexibility index (Phi) is 11.7. The molecule has 1 atom stereocenters. The van der Waals surface area contributed by atoms with Crippen LogP contribution in [0.3, 0.4) is 0 Å². The Balaban J connectivity index is 1.59. The number of hydrogen-bond donors (Lipinski definition) is 2. The molecule has 0 amide bonds. The number of hydrogen-bond acceptors (Lipinski definition) is 4. The average Bonchev–Trinajstić information content (AvgIpc) is 2.95. The zero-order valence-electron chi connectivity index (χ0n) is 18.7. The molecule has 0 aromatic heterocycles. The lowest BCUT2D eigenvalue weighted by Gasteiger charge is -2.20. The minimum atomic E-state index is 0.130. The van der Waals surface area contributed by atoms with E-state index >= 15 is 0 Å². The van der Waals surface area contributed by atoms with Gasteiger partial charge in [-0.1, -0.05) is 30.3 Å². The molecule has 0 radical (unpaired) electrons. The largest absolute Gasteiger partial charge is 0.374 e. The van der Waals surface area contributed by atoms with Crippen molar-refractivity contribution in [3.8, 4) is 0 Å². The first-order valence-corrected chi connectivity index (χ1v) is 11.3. The SMILES string of the molecule is CCNC(=NCCCOC(C)c1ccccc1)NCCCN1CCCN(C)CC1. The van der Waals surface area contributed by atoms with Crippen LogP contribution in [0.4, 0.5) is 0 Å². The van der Waals surface area contributed by atoms with Crippen LogP contribution in [-0.4, -0.2) is 81.8 Å². The zero-order chi connectivity index (χ0) is 20.7. The van der Waals surface area contributed by atoms with Crippen LogP contribution >= 0.6 is 0 Å². The predicted octanol–water partition coefficient (Wildman–Crippen LogP) is 2.74. The minimum absolute atomic E-state index is 0.130. The van der Waals surface area contributed by atoms with E-state index in [4.69, 9.17) is 4.74 Å². The smallest absolute Gasteiger partial charge is 0.191 e. The molecule has 2 N–H and O–H groups in total. The summed E-state index contributed by atoms with van der Waals surface area (Å²) in [5.41, 5.74) is 1.22. The molecule has 1 aliphatic heterocycles. The Morgan fingerprint density at radius 1 is 1.10 bits per heavy atom. The highest BCUT2D eigenvalue weighted by Gasteiger charge is 2.11. The second-order valence-corrected chi connectivity index (χ2v) is 7.82. The van der Waals surface area contributed by atoms with Crippen molar-refractivity contribution in [3.63, 3.8) is 0 Å². The predicted molar refractivity (Wildman–Crippen MR) is 123 cm³/mol. The number of benzene rings is 1. The fourth-order valence-corrected chi connectivity index (χ4v) is 3.51. The fraction of sp³-hybridized carbons (Fsp3) is 0.696. The van der Waals surface area contributed by atoms with E-state index in [0.29, 0.717) is 0 Å². The van der Waals surface area contributed by atoms with E-state index in [1.54, 1.807) is 0 Å². The van der Waals surface area contributed by atoms with Gasteiger partial charge in [0.25, 0.3) is 0 Å². The van der Waals surface area contributed by atoms with Crippen molar-refractivity contribution in [1.29, 1.82) is 0 Å². The van der Waals surface area contributed by atoms with Crippen molar-refractivity contribution >= 4 is 5.96 Å². The first-order valence-electron chi connectivity index (χ1n) is 11.3. The molecule has 1 aromatic carbocycles. The highest BCUT2D eigenvalue weighted by molar-refractivity contribution is 5.79. The van der Waals surface area contributed by atoms with Gasteiger partial charge in [-0.05, 0) is 65.4 Å². The van der Waals surface area contributed by atoms with Crippen molar-refractivity contribution < 1.29 is 4.74 Å². The number of aliphatic imine (C=N–C) groups is 1. The molecule has 0 spiro atoms. The van der Waals surface area contributed by atoms with E-state index in [-0.39, 0.29) is 6.10 Å². The summed E-state index contributed by atoms with van der Waals surface area (Å²) in [6.45, 7) is 13.5. The maximum absolute atomic E-state index is 5.93. The van der Waals surface area contributed by atoms with E-state index in [2.05, 4.69) is 70.6 Å². The quantitative estimate of drug-likeness (QED) is 0.338. The van der Waals surface area contributed by atoms with Crippen LogP contribution < -0.4 is 10.6 Å². The molecule has 2 rings (SSSR count). The summed E-state index contributed by atoms with van der Waals surface area (Å²) < 4.78 is 5.93. The Morgan fingerprint density at radius 2 is 1.93 bits per heavy atom. The van der Waals surface area contributed by atoms with Gasteiger partial charge in [0.15, 0.2) is 5.96 Å². The third-order valence-electron chi connectivity index (χ3n) is 5.31. The average molecular weight is 404 g/mol. The van der Waals surface area contributed by atoms with Crippen molar-refractivity contribution in [3.05, 3.63) is 35.9 Å². The van der Waals surface area contributed by atoms with Crippen LogP contribution in [-0.2, 0) is 4.74 Å². The van der Waals surface area contributed by atoms with Gasteiger partial charge < -0.3 is 25.2 Å². The van der Waals surface area contributed by atoms with Gasteiger partial charge >= 0.3 is 0 Å². The maximum atomic E-state index is 5.93. The molecule has 1 aliphatic rings. The molecule has 0 saturated carbocycles. The van der Waals surface area contributed by atoms with Gasteiger partial charge in [-0.2, -0.15) is 0 Å². The number of guanidine groups is 1. The van der Waals surface area contributed by atoms with Gasteiger partial charge in [0.05, 0.1) is 6.10 Å². The van der Waals surface area contributed by atoms with Crippen LogP contribution in [0, 0.1) is 0 Å².